The van der Waals surface area contributed by atoms with Gasteiger partial charge in [0.25, 0.3) is 0 Å². The zero-order chi connectivity index (χ0) is 5.15. The van der Waals surface area contributed by atoms with Gasteiger partial charge in [0, 0.05) is 0 Å². The van der Waals surface area contributed by atoms with Crippen LogP contribution >= 0.6 is 43.5 Å². The molecule has 38 valence electrons. The fourth-order valence-corrected chi connectivity index (χ4v) is 0. The van der Waals surface area contributed by atoms with Gasteiger partial charge in [-0.2, -0.15) is 0 Å². The third-order valence-corrected chi connectivity index (χ3v) is 2.42. The van der Waals surface area contributed by atoms with Crippen LogP contribution in [0.15, 0.2) is 0 Å². The van der Waals surface area contributed by atoms with E-state index in [-0.39, 0.29) is 0 Å². The van der Waals surface area contributed by atoms with Gasteiger partial charge in [-0.05, 0) is 15.9 Å². The third-order valence-electron chi connectivity index (χ3n) is 0.190. The van der Waals surface area contributed by atoms with Gasteiger partial charge in [-0.1, -0.05) is 15.9 Å². The highest BCUT2D eigenvalue weighted by Crippen LogP contribution is 2.18. The Hall–Kier alpha value is 1.18. The summed E-state index contributed by atoms with van der Waals surface area (Å²) in [4.78, 5) is 0. The Morgan fingerprint density at radius 3 is 1.67 bits per heavy atom. The summed E-state index contributed by atoms with van der Waals surface area (Å²) < 4.78 is 10.9. The lowest BCUT2D eigenvalue weighted by Crippen LogP contribution is -1.96. The summed E-state index contributed by atoms with van der Waals surface area (Å²) in [5.74, 6) is 0. The number of alkyl halides is 4. The van der Waals surface area contributed by atoms with Crippen molar-refractivity contribution in [2.75, 3.05) is 0 Å². The Labute approximate surface area is 57.3 Å². The molecule has 0 saturated carbocycles. The molecule has 0 aromatic heterocycles. The highest BCUT2D eigenvalue weighted by atomic mass is 79.9. The van der Waals surface area contributed by atoms with E-state index in [1.807, 2.05) is 0 Å². The van der Waals surface area contributed by atoms with Crippen LogP contribution < -0.4 is 0 Å². The van der Waals surface area contributed by atoms with Crippen LogP contribution in [0.4, 0.5) is 4.39 Å². The minimum Gasteiger partial charge on any atom is -0.232 e. The van der Waals surface area contributed by atoms with Crippen LogP contribution in [0.3, 0.4) is 0 Å². The first-order valence-corrected chi connectivity index (χ1v) is 3.47. The van der Waals surface area contributed by atoms with E-state index in [0.717, 1.165) is 0 Å². The molecule has 0 rings (SSSR count). The average Bonchev–Trinajstić information content (AvgIpc) is 1.36. The summed E-state index contributed by atoms with van der Waals surface area (Å²) >= 11 is 10.5. The fraction of sp³-hybridized carbons (Fsp3) is 1.00. The van der Waals surface area contributed by atoms with Crippen molar-refractivity contribution in [2.24, 2.45) is 0 Å². The highest BCUT2D eigenvalue weighted by Gasteiger charge is 2.07. The van der Waals surface area contributed by atoms with Crippen molar-refractivity contribution in [2.45, 2.75) is 9.37 Å². The Bertz CT molecular complexity index is 32.5. The Morgan fingerprint density at radius 1 is 1.50 bits per heavy atom. The number of hydrogen-bond acceptors (Lipinski definition) is 0. The van der Waals surface area contributed by atoms with E-state index in [2.05, 4.69) is 31.9 Å². The molecule has 4 heteroatoms. The van der Waals surface area contributed by atoms with Gasteiger partial charge < -0.3 is 0 Å². The summed E-state index contributed by atoms with van der Waals surface area (Å²) in [7, 11) is 0. The molecule has 0 amide bonds. The zero-order valence-corrected chi connectivity index (χ0v) is 6.59. The molecule has 0 aliphatic heterocycles. The molecule has 0 N–H and O–H groups in total. The molecule has 0 fully saturated rings. The van der Waals surface area contributed by atoms with E-state index in [9.17, 15) is 4.39 Å². The van der Waals surface area contributed by atoms with Crippen molar-refractivity contribution >= 4 is 43.5 Å². The van der Waals surface area contributed by atoms with Gasteiger partial charge in [0.2, 0.25) is 0 Å². The topological polar surface area (TPSA) is 0 Å². The van der Waals surface area contributed by atoms with Crippen LogP contribution in [0.25, 0.3) is 0 Å². The molecular formula is C2H2Br2ClF. The molecule has 0 aromatic carbocycles. The molecule has 0 saturated heterocycles. The van der Waals surface area contributed by atoms with Gasteiger partial charge in [0.15, 0.2) is 5.08 Å². The molecule has 2 unspecified atom stereocenters. The maximum absolute atomic E-state index is 11.6. The van der Waals surface area contributed by atoms with Crippen LogP contribution in [0, 0.1) is 0 Å². The standard InChI is InChI=1S/C2H2Br2ClF/c3-1(5)2(4)6/h1-2H. The zero-order valence-electron chi connectivity index (χ0n) is 2.67. The summed E-state index contributed by atoms with van der Waals surface area (Å²) in [6.45, 7) is 0. The maximum Gasteiger partial charge on any atom is 0.180 e. The molecular weight excluding hydrogens is 238 g/mol. The molecule has 0 bridgehead atoms. The van der Waals surface area contributed by atoms with Crippen LogP contribution in [0.5, 0.6) is 0 Å². The first-order valence-electron chi connectivity index (χ1n) is 1.21. The molecule has 0 aliphatic carbocycles. The van der Waals surface area contributed by atoms with Crippen molar-refractivity contribution in [3.05, 3.63) is 0 Å². The van der Waals surface area contributed by atoms with Crippen LogP contribution in [0.1, 0.15) is 0 Å². The van der Waals surface area contributed by atoms with Crippen LogP contribution in [-0.4, -0.2) is 9.37 Å². The van der Waals surface area contributed by atoms with Crippen molar-refractivity contribution in [1.82, 2.24) is 0 Å². The van der Waals surface area contributed by atoms with Crippen molar-refractivity contribution in [3.8, 4) is 0 Å². The molecule has 0 spiro atoms. The van der Waals surface area contributed by atoms with E-state index < -0.39 is 9.37 Å². The Balaban J connectivity index is 2.99. The lowest BCUT2D eigenvalue weighted by atomic mass is 10.9. The van der Waals surface area contributed by atoms with E-state index in [1.54, 1.807) is 0 Å². The molecule has 6 heavy (non-hydrogen) atoms. The van der Waals surface area contributed by atoms with Gasteiger partial charge in [0.05, 0.1) is 0 Å². The maximum atomic E-state index is 11.6. The first-order chi connectivity index (χ1) is 2.64. The number of hydrogen-bond donors (Lipinski definition) is 0. The monoisotopic (exact) mass is 238 g/mol. The predicted molar refractivity (Wildman–Crippen MR) is 32.4 cm³/mol. The van der Waals surface area contributed by atoms with Gasteiger partial charge >= 0.3 is 0 Å². The largest absolute Gasteiger partial charge is 0.232 e. The predicted octanol–water partition coefficient (Wildman–Crippen LogP) is 2.64. The van der Waals surface area contributed by atoms with Crippen molar-refractivity contribution in [1.29, 1.82) is 0 Å². The first kappa shape index (κ1) is 7.18. The van der Waals surface area contributed by atoms with Gasteiger partial charge in [-0.3, -0.25) is 0 Å². The summed E-state index contributed by atoms with van der Waals surface area (Å²) in [5.41, 5.74) is 0. The summed E-state index contributed by atoms with van der Waals surface area (Å²) in [5, 5.41) is -1.15. The SMILES string of the molecule is FC(Br)C(Cl)Br. The molecule has 0 radical (unpaired) electrons. The van der Waals surface area contributed by atoms with E-state index in [0.29, 0.717) is 0 Å². The fourth-order valence-electron chi connectivity index (χ4n) is 0. The molecule has 2 atom stereocenters. The quantitative estimate of drug-likeness (QED) is 0.618. The lowest BCUT2D eigenvalue weighted by molar-refractivity contribution is 0.487. The van der Waals surface area contributed by atoms with Crippen LogP contribution in [-0.2, 0) is 0 Å². The van der Waals surface area contributed by atoms with E-state index in [4.69, 9.17) is 11.6 Å². The lowest BCUT2D eigenvalue weighted by Gasteiger charge is -1.94. The van der Waals surface area contributed by atoms with Crippen molar-refractivity contribution < 1.29 is 4.39 Å². The summed E-state index contributed by atoms with van der Waals surface area (Å²) in [6.07, 6.45) is 0. The summed E-state index contributed by atoms with van der Waals surface area (Å²) in [6, 6.07) is 0. The Morgan fingerprint density at radius 2 is 1.67 bits per heavy atom. The molecule has 0 aliphatic rings. The minimum atomic E-state index is -1.15. The molecule has 0 heterocycles. The second-order valence-corrected chi connectivity index (χ2v) is 3.53. The minimum absolute atomic E-state index is 0.613. The van der Waals surface area contributed by atoms with E-state index >= 15 is 0 Å². The second-order valence-electron chi connectivity index (χ2n) is 0.669. The van der Waals surface area contributed by atoms with Crippen LogP contribution in [0.2, 0.25) is 0 Å². The second kappa shape index (κ2) is 3.22. The molecule has 0 nitrogen and oxygen atoms in total. The number of rotatable bonds is 1. The smallest absolute Gasteiger partial charge is 0.180 e. The molecule has 0 aromatic rings. The Kier molecular flexibility index (Phi) is 3.85. The van der Waals surface area contributed by atoms with Gasteiger partial charge in [-0.15, -0.1) is 11.6 Å². The average molecular weight is 240 g/mol. The number of halogens is 4. The third kappa shape index (κ3) is 3.37. The van der Waals surface area contributed by atoms with E-state index in [1.165, 1.54) is 0 Å². The normalized spacial score (nSPS) is 20.0. The van der Waals surface area contributed by atoms with Gasteiger partial charge in [0.1, 0.15) is 4.29 Å². The highest BCUT2D eigenvalue weighted by molar-refractivity contribution is 9.12. The van der Waals surface area contributed by atoms with Crippen molar-refractivity contribution in [3.63, 3.8) is 0 Å². The van der Waals surface area contributed by atoms with Gasteiger partial charge in [-0.25, -0.2) is 4.39 Å².